The maximum atomic E-state index is 12.4. The monoisotopic (exact) mass is 362 g/mol. The van der Waals surface area contributed by atoms with E-state index >= 15 is 0 Å². The Labute approximate surface area is 155 Å². The summed E-state index contributed by atoms with van der Waals surface area (Å²) in [5, 5.41) is 5.31. The van der Waals surface area contributed by atoms with E-state index in [2.05, 4.69) is 10.1 Å². The molecule has 0 bridgehead atoms. The van der Waals surface area contributed by atoms with Gasteiger partial charge in [0.2, 0.25) is 0 Å². The van der Waals surface area contributed by atoms with Crippen LogP contribution in [0.2, 0.25) is 0 Å². The molecule has 0 radical (unpaired) electrons. The first-order chi connectivity index (χ1) is 13.0. The van der Waals surface area contributed by atoms with Crippen LogP contribution in [0.25, 0.3) is 27.9 Å². The van der Waals surface area contributed by atoms with Gasteiger partial charge in [-0.25, -0.2) is 19.3 Å². The number of pyridine rings is 1. The molecule has 0 fully saturated rings. The summed E-state index contributed by atoms with van der Waals surface area (Å²) >= 11 is 0. The Morgan fingerprint density at radius 2 is 1.78 bits per heavy atom. The third-order valence-corrected chi connectivity index (χ3v) is 4.45. The summed E-state index contributed by atoms with van der Waals surface area (Å²) in [6.07, 6.45) is 0. The number of hydrogen-bond donors (Lipinski definition) is 0. The zero-order chi connectivity index (χ0) is 19.1. The second kappa shape index (κ2) is 6.35. The number of carbonyl (C=O) groups excluding carboxylic acids is 1. The van der Waals surface area contributed by atoms with E-state index in [9.17, 15) is 4.79 Å². The SMILES string of the molecule is COC(=O)c1cc(-c2ccc(OC)cc2)nc2c3c(C)cc(C)nc3nn12. The first kappa shape index (κ1) is 17.0. The van der Waals surface area contributed by atoms with Crippen molar-refractivity contribution in [3.63, 3.8) is 0 Å². The van der Waals surface area contributed by atoms with Gasteiger partial charge in [0.15, 0.2) is 17.0 Å². The van der Waals surface area contributed by atoms with Crippen LogP contribution in [0.3, 0.4) is 0 Å². The van der Waals surface area contributed by atoms with E-state index in [1.54, 1.807) is 13.2 Å². The molecule has 0 saturated carbocycles. The summed E-state index contributed by atoms with van der Waals surface area (Å²) in [5.74, 6) is 0.262. The summed E-state index contributed by atoms with van der Waals surface area (Å²) < 4.78 is 11.7. The van der Waals surface area contributed by atoms with Gasteiger partial charge in [0.05, 0.1) is 25.3 Å². The number of aryl methyl sites for hydroxylation is 2. The van der Waals surface area contributed by atoms with Gasteiger partial charge >= 0.3 is 5.97 Å². The van der Waals surface area contributed by atoms with E-state index in [0.717, 1.165) is 28.0 Å². The molecule has 136 valence electrons. The lowest BCUT2D eigenvalue weighted by Gasteiger charge is -2.08. The molecule has 4 rings (SSSR count). The lowest BCUT2D eigenvalue weighted by atomic mass is 10.1. The van der Waals surface area contributed by atoms with Gasteiger partial charge in [-0.2, -0.15) is 0 Å². The highest BCUT2D eigenvalue weighted by Crippen LogP contribution is 2.27. The molecule has 7 heteroatoms. The quantitative estimate of drug-likeness (QED) is 0.520. The Hall–Kier alpha value is -3.48. The van der Waals surface area contributed by atoms with Crippen LogP contribution in [0, 0.1) is 13.8 Å². The van der Waals surface area contributed by atoms with E-state index in [0.29, 0.717) is 22.7 Å². The zero-order valence-corrected chi connectivity index (χ0v) is 15.5. The molecule has 3 aromatic heterocycles. The fourth-order valence-electron chi connectivity index (χ4n) is 3.18. The van der Waals surface area contributed by atoms with Crippen molar-refractivity contribution in [2.45, 2.75) is 13.8 Å². The average molecular weight is 362 g/mol. The van der Waals surface area contributed by atoms with Crippen molar-refractivity contribution in [2.24, 2.45) is 0 Å². The summed E-state index contributed by atoms with van der Waals surface area (Å²) in [4.78, 5) is 21.6. The van der Waals surface area contributed by atoms with Crippen LogP contribution in [0.5, 0.6) is 5.75 Å². The number of hydrogen-bond acceptors (Lipinski definition) is 6. The molecule has 0 aliphatic rings. The van der Waals surface area contributed by atoms with Crippen LogP contribution in [-0.4, -0.2) is 39.8 Å². The Morgan fingerprint density at radius 3 is 2.44 bits per heavy atom. The molecule has 27 heavy (non-hydrogen) atoms. The van der Waals surface area contributed by atoms with Gasteiger partial charge in [-0.1, -0.05) is 0 Å². The molecule has 0 aliphatic heterocycles. The third kappa shape index (κ3) is 2.77. The fraction of sp³-hybridized carbons (Fsp3) is 0.200. The van der Waals surface area contributed by atoms with Crippen LogP contribution in [0.1, 0.15) is 21.7 Å². The van der Waals surface area contributed by atoms with Crippen molar-refractivity contribution < 1.29 is 14.3 Å². The average Bonchev–Trinajstić information content (AvgIpc) is 3.05. The topological polar surface area (TPSA) is 78.6 Å². The molecule has 7 nitrogen and oxygen atoms in total. The van der Waals surface area contributed by atoms with Crippen LogP contribution in [0.15, 0.2) is 36.4 Å². The van der Waals surface area contributed by atoms with Crippen LogP contribution in [0.4, 0.5) is 0 Å². The molecule has 0 saturated heterocycles. The standard InChI is InChI=1S/C20H18N4O3/c1-11-9-12(2)21-18-17(11)19-22-15(13-5-7-14(26-3)8-6-13)10-16(20(25)27-4)24(19)23-18/h5-10H,1-4H3. The first-order valence-electron chi connectivity index (χ1n) is 8.42. The van der Waals surface area contributed by atoms with Gasteiger partial charge in [-0.05, 0) is 55.8 Å². The summed E-state index contributed by atoms with van der Waals surface area (Å²) in [6.45, 7) is 3.89. The zero-order valence-electron chi connectivity index (χ0n) is 15.5. The van der Waals surface area contributed by atoms with Gasteiger partial charge < -0.3 is 9.47 Å². The number of fused-ring (bicyclic) bond motifs is 3. The Balaban J connectivity index is 2.05. The Kier molecular flexibility index (Phi) is 3.99. The normalized spacial score (nSPS) is 11.1. The minimum absolute atomic E-state index is 0.295. The van der Waals surface area contributed by atoms with Crippen molar-refractivity contribution in [3.8, 4) is 17.0 Å². The van der Waals surface area contributed by atoms with E-state index in [4.69, 9.17) is 14.5 Å². The van der Waals surface area contributed by atoms with Crippen LogP contribution < -0.4 is 4.74 Å². The highest BCUT2D eigenvalue weighted by atomic mass is 16.5. The predicted octanol–water partition coefficient (Wildman–Crippen LogP) is 3.36. The van der Waals surface area contributed by atoms with Gasteiger partial charge in [-0.15, -0.1) is 5.10 Å². The molecule has 1 aromatic carbocycles. The summed E-state index contributed by atoms with van der Waals surface area (Å²) in [5.41, 5.74) is 4.79. The first-order valence-corrected chi connectivity index (χ1v) is 8.42. The minimum Gasteiger partial charge on any atom is -0.497 e. The molecule has 0 N–H and O–H groups in total. The van der Waals surface area contributed by atoms with Crippen molar-refractivity contribution in [2.75, 3.05) is 14.2 Å². The van der Waals surface area contributed by atoms with E-state index in [1.165, 1.54) is 11.6 Å². The number of nitrogens with zero attached hydrogens (tertiary/aromatic N) is 4. The van der Waals surface area contributed by atoms with Crippen molar-refractivity contribution >= 4 is 22.6 Å². The maximum absolute atomic E-state index is 12.4. The highest BCUT2D eigenvalue weighted by molar-refractivity contribution is 5.97. The number of rotatable bonds is 3. The molecule has 4 aromatic rings. The molecule has 0 aliphatic carbocycles. The molecule has 0 unspecified atom stereocenters. The van der Waals surface area contributed by atoms with Crippen LogP contribution >= 0.6 is 0 Å². The molecule has 0 amide bonds. The van der Waals surface area contributed by atoms with Gasteiger partial charge in [0.1, 0.15) is 5.75 Å². The van der Waals surface area contributed by atoms with Crippen molar-refractivity contribution in [3.05, 3.63) is 53.3 Å². The molecule has 0 spiro atoms. The second-order valence-electron chi connectivity index (χ2n) is 6.26. The number of benzene rings is 1. The lowest BCUT2D eigenvalue weighted by Crippen LogP contribution is -2.10. The third-order valence-electron chi connectivity index (χ3n) is 4.45. The van der Waals surface area contributed by atoms with E-state index < -0.39 is 5.97 Å². The van der Waals surface area contributed by atoms with Gasteiger partial charge in [0, 0.05) is 11.3 Å². The maximum Gasteiger partial charge on any atom is 0.356 e. The predicted molar refractivity (Wildman–Crippen MR) is 101 cm³/mol. The fourth-order valence-corrected chi connectivity index (χ4v) is 3.18. The number of esters is 1. The number of methoxy groups -OCH3 is 2. The van der Waals surface area contributed by atoms with Crippen molar-refractivity contribution in [1.82, 2.24) is 19.6 Å². The molecular weight excluding hydrogens is 344 g/mol. The minimum atomic E-state index is -0.487. The number of ether oxygens (including phenoxy) is 2. The Bertz CT molecular complexity index is 1180. The smallest absolute Gasteiger partial charge is 0.356 e. The largest absolute Gasteiger partial charge is 0.497 e. The second-order valence-corrected chi connectivity index (χ2v) is 6.26. The Morgan fingerprint density at radius 1 is 1.04 bits per heavy atom. The van der Waals surface area contributed by atoms with E-state index in [-0.39, 0.29) is 0 Å². The molecular formula is C20H18N4O3. The van der Waals surface area contributed by atoms with Gasteiger partial charge in [-0.3, -0.25) is 0 Å². The molecule has 3 heterocycles. The summed E-state index contributed by atoms with van der Waals surface area (Å²) in [6, 6.07) is 11.1. The number of aromatic nitrogens is 4. The molecule has 0 atom stereocenters. The van der Waals surface area contributed by atoms with E-state index in [1.807, 2.05) is 44.2 Å². The van der Waals surface area contributed by atoms with Crippen LogP contribution in [-0.2, 0) is 4.74 Å². The number of carbonyl (C=O) groups is 1. The van der Waals surface area contributed by atoms with Gasteiger partial charge in [0.25, 0.3) is 0 Å². The summed E-state index contributed by atoms with van der Waals surface area (Å²) in [7, 11) is 2.96. The van der Waals surface area contributed by atoms with Crippen molar-refractivity contribution in [1.29, 1.82) is 0 Å². The highest BCUT2D eigenvalue weighted by Gasteiger charge is 2.20. The lowest BCUT2D eigenvalue weighted by molar-refractivity contribution is 0.0591.